The molecule has 0 amide bonds. The van der Waals surface area contributed by atoms with Crippen LogP contribution in [0.2, 0.25) is 0 Å². The lowest BCUT2D eigenvalue weighted by Crippen LogP contribution is -2.28. The van der Waals surface area contributed by atoms with Gasteiger partial charge < -0.3 is 10.1 Å². The number of fused-ring (bicyclic) bond motifs is 1. The van der Waals surface area contributed by atoms with Crippen molar-refractivity contribution in [3.63, 3.8) is 0 Å². The van der Waals surface area contributed by atoms with Gasteiger partial charge in [-0.15, -0.1) is 5.10 Å². The fourth-order valence-electron chi connectivity index (χ4n) is 3.10. The molecule has 1 saturated heterocycles. The maximum absolute atomic E-state index is 11.8. The molecule has 4 rings (SSSR count). The van der Waals surface area contributed by atoms with Gasteiger partial charge in [-0.2, -0.15) is 4.52 Å². The van der Waals surface area contributed by atoms with Crippen molar-refractivity contribution in [2.75, 3.05) is 18.5 Å². The maximum atomic E-state index is 11.8. The van der Waals surface area contributed by atoms with E-state index < -0.39 is 0 Å². The summed E-state index contributed by atoms with van der Waals surface area (Å²) in [5.41, 5.74) is 1.05. The fraction of sp³-hybridized carbons (Fsp3) is 0.353. The summed E-state index contributed by atoms with van der Waals surface area (Å²) in [5.74, 6) is 0.373. The Hall–Kier alpha value is -2.25. The van der Waals surface area contributed by atoms with Gasteiger partial charge in [0.2, 0.25) is 10.1 Å². The van der Waals surface area contributed by atoms with Gasteiger partial charge in [0.15, 0.2) is 0 Å². The number of benzene rings is 1. The fourth-order valence-corrected chi connectivity index (χ4v) is 3.88. The van der Waals surface area contributed by atoms with Crippen LogP contribution in [0.25, 0.3) is 4.96 Å². The largest absolute Gasteiger partial charge is 0.373 e. The number of nitrogens with one attached hydrogen (secondary N) is 1. The minimum atomic E-state index is -0.160. The molecule has 2 atom stereocenters. The molecule has 2 unspecified atom stereocenters. The molecule has 0 radical (unpaired) electrons. The van der Waals surface area contributed by atoms with Gasteiger partial charge in [0.25, 0.3) is 5.56 Å². The number of aromatic nitrogens is 3. The molecule has 1 aromatic carbocycles. The van der Waals surface area contributed by atoms with Crippen molar-refractivity contribution < 1.29 is 4.74 Å². The Labute approximate surface area is 143 Å². The van der Waals surface area contributed by atoms with Crippen LogP contribution in [0.15, 0.2) is 47.4 Å². The van der Waals surface area contributed by atoms with Gasteiger partial charge >= 0.3 is 0 Å². The molecule has 3 heterocycles. The van der Waals surface area contributed by atoms with Gasteiger partial charge in [-0.25, -0.2) is 4.98 Å². The second kappa shape index (κ2) is 6.70. The van der Waals surface area contributed by atoms with Crippen molar-refractivity contribution in [3.05, 3.63) is 58.5 Å². The topological polar surface area (TPSA) is 68.5 Å². The lowest BCUT2D eigenvalue weighted by molar-refractivity contribution is -0.0238. The van der Waals surface area contributed by atoms with E-state index in [2.05, 4.69) is 27.5 Å². The molecule has 24 heavy (non-hydrogen) atoms. The van der Waals surface area contributed by atoms with Crippen LogP contribution in [0.1, 0.15) is 24.5 Å². The van der Waals surface area contributed by atoms with Crippen LogP contribution in [0.4, 0.5) is 5.13 Å². The molecular formula is C17H18N4O2S. The average molecular weight is 342 g/mol. The number of ether oxygens (including phenoxy) is 1. The predicted octanol–water partition coefficient (Wildman–Crippen LogP) is 2.73. The molecule has 0 saturated carbocycles. The molecule has 0 aliphatic carbocycles. The standard InChI is InChI=1S/C17H18N4O2S/c22-14-8-9-18-17-21(14)20-16(24-17)19-11-13-7-4-10-23-15(13)12-5-2-1-3-6-12/h1-3,5-6,8-9,13,15H,4,7,10-11H2,(H,19,20). The Morgan fingerprint density at radius 1 is 1.29 bits per heavy atom. The van der Waals surface area contributed by atoms with E-state index in [0.717, 1.165) is 26.0 Å². The van der Waals surface area contributed by atoms with Crippen molar-refractivity contribution >= 4 is 21.4 Å². The normalized spacial score (nSPS) is 21.0. The van der Waals surface area contributed by atoms with Crippen molar-refractivity contribution in [3.8, 4) is 0 Å². The summed E-state index contributed by atoms with van der Waals surface area (Å²) in [4.78, 5) is 16.5. The summed E-state index contributed by atoms with van der Waals surface area (Å²) in [6.07, 6.45) is 3.79. The molecule has 124 valence electrons. The van der Waals surface area contributed by atoms with Gasteiger partial charge in [-0.3, -0.25) is 4.79 Å². The molecular weight excluding hydrogens is 324 g/mol. The third-order valence-corrected chi connectivity index (χ3v) is 5.14. The molecule has 2 aromatic heterocycles. The number of nitrogens with zero attached hydrogens (tertiary/aromatic N) is 3. The highest BCUT2D eigenvalue weighted by Crippen LogP contribution is 2.33. The zero-order chi connectivity index (χ0) is 16.4. The quantitative estimate of drug-likeness (QED) is 0.789. The molecule has 1 aliphatic heterocycles. The van der Waals surface area contributed by atoms with E-state index in [1.165, 1.54) is 33.7 Å². The van der Waals surface area contributed by atoms with Crippen molar-refractivity contribution in [1.29, 1.82) is 0 Å². The van der Waals surface area contributed by atoms with Crippen LogP contribution in [0, 0.1) is 5.92 Å². The Morgan fingerprint density at radius 3 is 3.00 bits per heavy atom. The highest BCUT2D eigenvalue weighted by molar-refractivity contribution is 7.20. The average Bonchev–Trinajstić information content (AvgIpc) is 3.06. The van der Waals surface area contributed by atoms with E-state index in [4.69, 9.17) is 4.74 Å². The second-order valence-electron chi connectivity index (χ2n) is 5.87. The van der Waals surface area contributed by atoms with E-state index in [9.17, 15) is 4.79 Å². The highest BCUT2D eigenvalue weighted by Gasteiger charge is 2.27. The number of rotatable bonds is 4. The zero-order valence-corrected chi connectivity index (χ0v) is 13.9. The van der Waals surface area contributed by atoms with Crippen LogP contribution >= 0.6 is 11.3 Å². The first-order valence-corrected chi connectivity index (χ1v) is 8.88. The van der Waals surface area contributed by atoms with Crippen LogP contribution < -0.4 is 10.9 Å². The van der Waals surface area contributed by atoms with Crippen molar-refractivity contribution in [2.24, 2.45) is 5.92 Å². The van der Waals surface area contributed by atoms with E-state index >= 15 is 0 Å². The Bertz CT molecular complexity index is 877. The van der Waals surface area contributed by atoms with Gasteiger partial charge in [0.1, 0.15) is 0 Å². The van der Waals surface area contributed by atoms with Crippen LogP contribution in [-0.2, 0) is 4.74 Å². The number of hydrogen-bond donors (Lipinski definition) is 1. The molecule has 1 N–H and O–H groups in total. The van der Waals surface area contributed by atoms with E-state index in [0.29, 0.717) is 16.0 Å². The van der Waals surface area contributed by atoms with Gasteiger partial charge in [0.05, 0.1) is 6.10 Å². The van der Waals surface area contributed by atoms with Crippen LogP contribution in [0.3, 0.4) is 0 Å². The Balaban J connectivity index is 1.50. The molecule has 0 bridgehead atoms. The van der Waals surface area contributed by atoms with Crippen molar-refractivity contribution in [2.45, 2.75) is 18.9 Å². The van der Waals surface area contributed by atoms with Gasteiger partial charge in [-0.1, -0.05) is 41.7 Å². The summed E-state index contributed by atoms with van der Waals surface area (Å²) in [7, 11) is 0. The van der Waals surface area contributed by atoms with Gasteiger partial charge in [-0.05, 0) is 18.4 Å². The third-order valence-electron chi connectivity index (χ3n) is 4.26. The van der Waals surface area contributed by atoms with E-state index in [-0.39, 0.29) is 11.7 Å². The molecule has 1 aliphatic rings. The van der Waals surface area contributed by atoms with E-state index in [1.807, 2.05) is 18.2 Å². The van der Waals surface area contributed by atoms with Crippen molar-refractivity contribution in [1.82, 2.24) is 14.6 Å². The Morgan fingerprint density at radius 2 is 2.17 bits per heavy atom. The second-order valence-corrected chi connectivity index (χ2v) is 6.83. The minimum absolute atomic E-state index is 0.0997. The third kappa shape index (κ3) is 3.05. The Kier molecular flexibility index (Phi) is 4.27. The highest BCUT2D eigenvalue weighted by atomic mass is 32.1. The maximum Gasteiger partial charge on any atom is 0.275 e. The van der Waals surface area contributed by atoms with E-state index in [1.54, 1.807) is 0 Å². The molecule has 7 heteroatoms. The van der Waals surface area contributed by atoms with Gasteiger partial charge in [0, 0.05) is 31.3 Å². The molecule has 6 nitrogen and oxygen atoms in total. The first-order chi connectivity index (χ1) is 11.8. The zero-order valence-electron chi connectivity index (χ0n) is 13.1. The number of hydrogen-bond acceptors (Lipinski definition) is 6. The SMILES string of the molecule is O=c1ccnc2sc(NCC3CCCOC3c3ccccc3)nn12. The predicted molar refractivity (Wildman–Crippen MR) is 93.5 cm³/mol. The monoisotopic (exact) mass is 342 g/mol. The smallest absolute Gasteiger partial charge is 0.275 e. The first-order valence-electron chi connectivity index (χ1n) is 8.06. The molecule has 3 aromatic rings. The summed E-state index contributed by atoms with van der Waals surface area (Å²) in [6, 6.07) is 11.8. The summed E-state index contributed by atoms with van der Waals surface area (Å²) in [6.45, 7) is 1.56. The lowest BCUT2D eigenvalue weighted by atomic mass is 9.89. The lowest BCUT2D eigenvalue weighted by Gasteiger charge is -2.32. The molecule has 1 fully saturated rings. The number of anilines is 1. The summed E-state index contributed by atoms with van der Waals surface area (Å²) >= 11 is 1.39. The summed E-state index contributed by atoms with van der Waals surface area (Å²) in [5, 5.41) is 8.37. The minimum Gasteiger partial charge on any atom is -0.373 e. The van der Waals surface area contributed by atoms with Crippen LogP contribution in [0.5, 0.6) is 0 Å². The first kappa shape index (κ1) is 15.3. The molecule has 0 spiro atoms. The van der Waals surface area contributed by atoms with Crippen LogP contribution in [-0.4, -0.2) is 27.7 Å². The summed E-state index contributed by atoms with van der Waals surface area (Å²) < 4.78 is 7.35.